The molecule has 2 aliphatic rings. The Hall–Kier alpha value is -0.610. The highest BCUT2D eigenvalue weighted by atomic mass is 16.5. The Bertz CT molecular complexity index is 296. The van der Waals surface area contributed by atoms with Crippen molar-refractivity contribution in [3.05, 3.63) is 0 Å². The van der Waals surface area contributed by atoms with Crippen LogP contribution in [0.3, 0.4) is 0 Å². The second-order valence-electron chi connectivity index (χ2n) is 5.97. The second kappa shape index (κ2) is 7.25. The monoisotopic (exact) mass is 268 g/mol. The first-order valence-electron chi connectivity index (χ1n) is 7.88. The maximum Gasteiger partial charge on any atom is 0.227 e. The third-order valence-corrected chi connectivity index (χ3v) is 4.38. The first-order valence-corrected chi connectivity index (χ1v) is 7.88. The maximum absolute atomic E-state index is 12.6. The predicted octanol–water partition coefficient (Wildman–Crippen LogP) is 1.92. The van der Waals surface area contributed by atoms with E-state index in [4.69, 9.17) is 10.5 Å². The minimum absolute atomic E-state index is 0.0543. The molecule has 3 atom stereocenters. The molecule has 1 saturated heterocycles. The van der Waals surface area contributed by atoms with E-state index in [-0.39, 0.29) is 24.0 Å². The summed E-state index contributed by atoms with van der Waals surface area (Å²) in [4.78, 5) is 14.6. The van der Waals surface area contributed by atoms with Crippen molar-refractivity contribution in [2.24, 2.45) is 11.7 Å². The number of piperidine rings is 1. The number of likely N-dealkylation sites (tertiary alicyclic amines) is 1. The normalized spacial score (nSPS) is 32.3. The van der Waals surface area contributed by atoms with Gasteiger partial charge in [-0.05, 0) is 32.1 Å². The summed E-state index contributed by atoms with van der Waals surface area (Å²) in [6, 6.07) is 0.0678. The maximum atomic E-state index is 12.6. The van der Waals surface area contributed by atoms with Crippen LogP contribution in [0.1, 0.15) is 51.9 Å². The summed E-state index contributed by atoms with van der Waals surface area (Å²) in [7, 11) is 0. The molecular formula is C15H28N2O2. The van der Waals surface area contributed by atoms with Gasteiger partial charge in [-0.25, -0.2) is 0 Å². The number of hydrogen-bond donors (Lipinski definition) is 1. The van der Waals surface area contributed by atoms with Crippen LogP contribution in [0.2, 0.25) is 0 Å². The minimum atomic E-state index is 0.0543. The molecule has 110 valence electrons. The molecule has 3 unspecified atom stereocenters. The van der Waals surface area contributed by atoms with Crippen LogP contribution in [0.25, 0.3) is 0 Å². The van der Waals surface area contributed by atoms with Gasteiger partial charge in [0.1, 0.15) is 0 Å². The molecule has 0 bridgehead atoms. The first kappa shape index (κ1) is 14.8. The molecule has 1 aliphatic heterocycles. The molecule has 1 heterocycles. The number of amides is 1. The lowest BCUT2D eigenvalue weighted by atomic mass is 9.84. The fraction of sp³-hybridized carbons (Fsp3) is 0.933. The van der Waals surface area contributed by atoms with E-state index in [9.17, 15) is 4.79 Å². The van der Waals surface area contributed by atoms with Gasteiger partial charge in [0.25, 0.3) is 0 Å². The van der Waals surface area contributed by atoms with Crippen molar-refractivity contribution in [2.75, 3.05) is 19.7 Å². The van der Waals surface area contributed by atoms with Gasteiger partial charge in [0.2, 0.25) is 5.91 Å². The van der Waals surface area contributed by atoms with Gasteiger partial charge in [0, 0.05) is 25.7 Å². The van der Waals surface area contributed by atoms with Crippen LogP contribution in [0.5, 0.6) is 0 Å². The summed E-state index contributed by atoms with van der Waals surface area (Å²) in [5.41, 5.74) is 6.12. The third-order valence-electron chi connectivity index (χ3n) is 4.38. The Kier molecular flexibility index (Phi) is 5.64. The summed E-state index contributed by atoms with van der Waals surface area (Å²) >= 11 is 0. The lowest BCUT2D eigenvalue weighted by Crippen LogP contribution is -2.50. The quantitative estimate of drug-likeness (QED) is 0.847. The van der Waals surface area contributed by atoms with Gasteiger partial charge >= 0.3 is 0 Å². The molecule has 2 N–H and O–H groups in total. The van der Waals surface area contributed by atoms with E-state index in [1.165, 1.54) is 6.42 Å². The van der Waals surface area contributed by atoms with E-state index < -0.39 is 0 Å². The fourth-order valence-corrected chi connectivity index (χ4v) is 3.26. The van der Waals surface area contributed by atoms with E-state index in [0.717, 1.165) is 58.2 Å². The first-order chi connectivity index (χ1) is 9.22. The molecule has 19 heavy (non-hydrogen) atoms. The SMILES string of the molecule is CCCOC1CCCN(C(=O)C2CCCCC2N)C1. The van der Waals surface area contributed by atoms with Gasteiger partial charge in [-0.15, -0.1) is 0 Å². The van der Waals surface area contributed by atoms with Crippen molar-refractivity contribution in [3.8, 4) is 0 Å². The lowest BCUT2D eigenvalue weighted by molar-refractivity contribution is -0.141. The topological polar surface area (TPSA) is 55.6 Å². The van der Waals surface area contributed by atoms with Gasteiger partial charge in [-0.1, -0.05) is 19.8 Å². The summed E-state index contributed by atoms with van der Waals surface area (Å²) in [6.45, 7) is 4.57. The molecule has 0 aromatic heterocycles. The van der Waals surface area contributed by atoms with Crippen LogP contribution in [0.4, 0.5) is 0 Å². The van der Waals surface area contributed by atoms with Crippen LogP contribution in [-0.4, -0.2) is 42.6 Å². The number of carbonyl (C=O) groups is 1. The van der Waals surface area contributed by atoms with Crippen LogP contribution < -0.4 is 5.73 Å². The van der Waals surface area contributed by atoms with Crippen molar-refractivity contribution in [3.63, 3.8) is 0 Å². The summed E-state index contributed by atoms with van der Waals surface area (Å²) < 4.78 is 5.80. The summed E-state index contributed by atoms with van der Waals surface area (Å²) in [6.07, 6.45) is 7.70. The average Bonchev–Trinajstić information content (AvgIpc) is 2.45. The van der Waals surface area contributed by atoms with Gasteiger partial charge in [-0.2, -0.15) is 0 Å². The van der Waals surface area contributed by atoms with Crippen LogP contribution in [0.15, 0.2) is 0 Å². The zero-order valence-corrected chi connectivity index (χ0v) is 12.1. The number of carbonyl (C=O) groups excluding carboxylic acids is 1. The number of nitrogens with zero attached hydrogens (tertiary/aromatic N) is 1. The van der Waals surface area contributed by atoms with Crippen molar-refractivity contribution in [2.45, 2.75) is 64.0 Å². The summed E-state index contributed by atoms with van der Waals surface area (Å²) in [5.74, 6) is 0.329. The number of nitrogens with two attached hydrogens (primary N) is 1. The zero-order chi connectivity index (χ0) is 13.7. The van der Waals surface area contributed by atoms with Crippen LogP contribution in [-0.2, 0) is 9.53 Å². The molecule has 1 aliphatic carbocycles. The third kappa shape index (κ3) is 3.93. The van der Waals surface area contributed by atoms with Crippen molar-refractivity contribution in [1.29, 1.82) is 0 Å². The largest absolute Gasteiger partial charge is 0.376 e. The molecule has 0 aromatic carbocycles. The molecule has 4 heteroatoms. The Morgan fingerprint density at radius 3 is 2.79 bits per heavy atom. The van der Waals surface area contributed by atoms with E-state index in [1.54, 1.807) is 0 Å². The zero-order valence-electron chi connectivity index (χ0n) is 12.1. The Morgan fingerprint density at radius 2 is 2.05 bits per heavy atom. The van der Waals surface area contributed by atoms with Crippen molar-refractivity contribution >= 4 is 5.91 Å². The van der Waals surface area contributed by atoms with Gasteiger partial charge in [0.05, 0.1) is 12.0 Å². The number of ether oxygens (including phenoxy) is 1. The van der Waals surface area contributed by atoms with Crippen LogP contribution in [0, 0.1) is 5.92 Å². The predicted molar refractivity (Wildman–Crippen MR) is 75.8 cm³/mol. The standard InChI is InChI=1S/C15H28N2O2/c1-2-10-19-12-6-5-9-17(11-12)15(18)13-7-3-4-8-14(13)16/h12-14H,2-11,16H2,1H3. The van der Waals surface area contributed by atoms with E-state index in [0.29, 0.717) is 0 Å². The fourth-order valence-electron chi connectivity index (χ4n) is 3.26. The molecule has 2 rings (SSSR count). The van der Waals surface area contributed by atoms with E-state index >= 15 is 0 Å². The number of rotatable bonds is 4. The molecule has 4 nitrogen and oxygen atoms in total. The second-order valence-corrected chi connectivity index (χ2v) is 5.97. The molecule has 1 saturated carbocycles. The summed E-state index contributed by atoms with van der Waals surface area (Å²) in [5, 5.41) is 0. The van der Waals surface area contributed by atoms with Crippen molar-refractivity contribution < 1.29 is 9.53 Å². The average molecular weight is 268 g/mol. The number of hydrogen-bond acceptors (Lipinski definition) is 3. The Balaban J connectivity index is 1.87. The Morgan fingerprint density at radius 1 is 1.26 bits per heavy atom. The molecule has 1 amide bonds. The highest BCUT2D eigenvalue weighted by Gasteiger charge is 2.33. The minimum Gasteiger partial charge on any atom is -0.376 e. The Labute approximate surface area is 116 Å². The van der Waals surface area contributed by atoms with Gasteiger partial charge in [0.15, 0.2) is 0 Å². The molecule has 0 radical (unpaired) electrons. The molecule has 0 aromatic rings. The highest BCUT2D eigenvalue weighted by molar-refractivity contribution is 5.79. The van der Waals surface area contributed by atoms with Crippen LogP contribution >= 0.6 is 0 Å². The lowest BCUT2D eigenvalue weighted by Gasteiger charge is -2.37. The molecule has 2 fully saturated rings. The molecular weight excluding hydrogens is 240 g/mol. The van der Waals surface area contributed by atoms with Gasteiger partial charge < -0.3 is 15.4 Å². The van der Waals surface area contributed by atoms with Gasteiger partial charge in [-0.3, -0.25) is 4.79 Å². The van der Waals surface area contributed by atoms with E-state index in [1.807, 2.05) is 4.90 Å². The van der Waals surface area contributed by atoms with Crippen molar-refractivity contribution in [1.82, 2.24) is 4.90 Å². The highest BCUT2D eigenvalue weighted by Crippen LogP contribution is 2.26. The van der Waals surface area contributed by atoms with E-state index in [2.05, 4.69) is 6.92 Å². The molecule has 0 spiro atoms. The smallest absolute Gasteiger partial charge is 0.227 e.